The summed E-state index contributed by atoms with van der Waals surface area (Å²) in [5.41, 5.74) is 5.07. The lowest BCUT2D eigenvalue weighted by Gasteiger charge is -2.56. The molecule has 3 nitrogen and oxygen atoms in total. The lowest BCUT2D eigenvalue weighted by Crippen LogP contribution is -2.67. The number of nitrogens with one attached hydrogen (secondary N) is 1. The van der Waals surface area contributed by atoms with Crippen molar-refractivity contribution in [3.63, 3.8) is 0 Å². The van der Waals surface area contributed by atoms with Gasteiger partial charge in [-0.3, -0.25) is 4.79 Å². The first-order chi connectivity index (χ1) is 11.3. The Kier molecular flexibility index (Phi) is 4.02. The third-order valence-corrected chi connectivity index (χ3v) is 8.32. The Hall–Kier alpha value is -0.570. The first kappa shape index (κ1) is 16.9. The zero-order chi connectivity index (χ0) is 17.1. The average Bonchev–Trinajstić information content (AvgIpc) is 2.63. The molecule has 0 heterocycles. The maximum atomic E-state index is 12.8. The van der Waals surface area contributed by atoms with Crippen LogP contribution in [0.15, 0.2) is 0 Å². The number of rotatable bonds is 4. The van der Waals surface area contributed by atoms with Crippen LogP contribution in [0.4, 0.5) is 0 Å². The van der Waals surface area contributed by atoms with Gasteiger partial charge < -0.3 is 11.1 Å². The van der Waals surface area contributed by atoms with Crippen LogP contribution < -0.4 is 11.1 Å². The van der Waals surface area contributed by atoms with E-state index in [1.807, 2.05) is 0 Å². The molecule has 0 spiro atoms. The molecule has 0 radical (unpaired) electrons. The summed E-state index contributed by atoms with van der Waals surface area (Å²) in [5, 5.41) is 3.33. The van der Waals surface area contributed by atoms with E-state index in [4.69, 9.17) is 0 Å². The molecular weight excluding hydrogens is 296 g/mol. The summed E-state index contributed by atoms with van der Waals surface area (Å²) in [6.07, 6.45) is 10.4. The molecule has 24 heavy (non-hydrogen) atoms. The Morgan fingerprint density at radius 3 is 2.04 bits per heavy atom. The quantitative estimate of drug-likeness (QED) is 0.816. The molecule has 0 unspecified atom stereocenters. The molecule has 3 heteroatoms. The highest BCUT2D eigenvalue weighted by atomic mass is 16.1. The van der Waals surface area contributed by atoms with Gasteiger partial charge in [-0.05, 0) is 73.5 Å². The summed E-state index contributed by atoms with van der Waals surface area (Å²) in [6.45, 7) is 7.85. The van der Waals surface area contributed by atoms with Gasteiger partial charge >= 0.3 is 0 Å². The molecule has 4 N–H and O–H groups in total. The van der Waals surface area contributed by atoms with Gasteiger partial charge in [0.25, 0.3) is 0 Å². The molecule has 0 aliphatic heterocycles. The van der Waals surface area contributed by atoms with E-state index in [0.717, 1.165) is 30.7 Å². The number of carbonyl (C=O) groups is 1. The smallest absolute Gasteiger partial charge is 0.220 e. The minimum absolute atomic E-state index is 0.305. The summed E-state index contributed by atoms with van der Waals surface area (Å²) in [4.78, 5) is 12.8. The van der Waals surface area contributed by atoms with Crippen LogP contribution in [0.3, 0.4) is 0 Å². The van der Waals surface area contributed by atoms with E-state index in [9.17, 15) is 4.79 Å². The van der Waals surface area contributed by atoms with Crippen molar-refractivity contribution in [3.8, 4) is 0 Å². The van der Waals surface area contributed by atoms with Crippen LogP contribution in [0.1, 0.15) is 72.1 Å². The minimum atomic E-state index is 0.305. The molecule has 0 saturated heterocycles. The molecule has 5 fully saturated rings. The van der Waals surface area contributed by atoms with Crippen molar-refractivity contribution in [2.75, 3.05) is 6.54 Å². The van der Waals surface area contributed by atoms with Gasteiger partial charge in [0.1, 0.15) is 0 Å². The van der Waals surface area contributed by atoms with Gasteiger partial charge in [-0.2, -0.15) is 0 Å². The number of carbonyl (C=O) groups excluding carboxylic acids is 1. The predicted molar refractivity (Wildman–Crippen MR) is 96.0 cm³/mol. The third-order valence-electron chi connectivity index (χ3n) is 8.32. The summed E-state index contributed by atoms with van der Waals surface area (Å²) in [6, 6.07) is 0.472. The summed E-state index contributed by atoms with van der Waals surface area (Å²) in [5.74, 6) is 4.31. The van der Waals surface area contributed by atoms with Crippen LogP contribution in [0.2, 0.25) is 0 Å². The van der Waals surface area contributed by atoms with E-state index < -0.39 is 0 Å². The Bertz CT molecular complexity index is 477. The molecule has 0 aromatic heterocycles. The van der Waals surface area contributed by atoms with Crippen molar-refractivity contribution in [1.29, 1.82) is 0 Å². The zero-order valence-electron chi connectivity index (χ0n) is 15.9. The number of amides is 1. The van der Waals surface area contributed by atoms with Crippen LogP contribution in [-0.2, 0) is 4.79 Å². The second-order valence-electron chi connectivity index (χ2n) is 10.8. The van der Waals surface area contributed by atoms with Crippen molar-refractivity contribution >= 4 is 5.91 Å². The van der Waals surface area contributed by atoms with Crippen LogP contribution in [0.5, 0.6) is 0 Å². The highest BCUT2D eigenvalue weighted by Crippen LogP contribution is 2.61. The maximum Gasteiger partial charge on any atom is 0.220 e. The van der Waals surface area contributed by atoms with E-state index in [1.54, 1.807) is 0 Å². The fourth-order valence-electron chi connectivity index (χ4n) is 7.67. The highest BCUT2D eigenvalue weighted by molar-refractivity contribution is 5.76. The van der Waals surface area contributed by atoms with E-state index in [2.05, 4.69) is 31.8 Å². The first-order valence-corrected chi connectivity index (χ1v) is 10.4. The topological polar surface area (TPSA) is 56.7 Å². The van der Waals surface area contributed by atoms with Gasteiger partial charge in [-0.15, -0.1) is 0 Å². The minimum Gasteiger partial charge on any atom is -0.356 e. The maximum absolute atomic E-state index is 12.8. The average molecular weight is 334 g/mol. The Balaban J connectivity index is 1.34. The molecule has 5 rings (SSSR count). The van der Waals surface area contributed by atoms with E-state index in [-0.39, 0.29) is 0 Å². The molecule has 1 amide bonds. The first-order valence-electron chi connectivity index (χ1n) is 10.4. The normalized spacial score (nSPS) is 48.7. The van der Waals surface area contributed by atoms with Gasteiger partial charge in [0.15, 0.2) is 0 Å². The third kappa shape index (κ3) is 2.91. The second kappa shape index (κ2) is 5.72. The summed E-state index contributed by atoms with van der Waals surface area (Å²) < 4.78 is 0. The molecule has 136 valence electrons. The Labute approximate surface area is 147 Å². The number of quaternary nitrogens is 1. The second-order valence-corrected chi connectivity index (χ2v) is 10.8. The van der Waals surface area contributed by atoms with E-state index in [1.165, 1.54) is 44.9 Å². The molecule has 0 aromatic rings. The lowest BCUT2D eigenvalue weighted by atomic mass is 9.49. The van der Waals surface area contributed by atoms with Gasteiger partial charge in [-0.1, -0.05) is 20.8 Å². The van der Waals surface area contributed by atoms with Crippen molar-refractivity contribution in [3.05, 3.63) is 0 Å². The van der Waals surface area contributed by atoms with Crippen LogP contribution in [0, 0.1) is 40.4 Å². The number of hydrogen-bond donors (Lipinski definition) is 2. The van der Waals surface area contributed by atoms with Crippen LogP contribution in [0.25, 0.3) is 0 Å². The Morgan fingerprint density at radius 2 is 1.58 bits per heavy atom. The van der Waals surface area contributed by atoms with E-state index >= 15 is 0 Å². The van der Waals surface area contributed by atoms with Gasteiger partial charge in [0, 0.05) is 24.8 Å². The molecule has 5 aliphatic rings. The molecule has 5 aliphatic carbocycles. The number of hydrogen-bond acceptors (Lipinski definition) is 1. The molecule has 4 bridgehead atoms. The van der Waals surface area contributed by atoms with Crippen LogP contribution >= 0.6 is 0 Å². The van der Waals surface area contributed by atoms with Crippen molar-refractivity contribution < 1.29 is 10.5 Å². The molecule has 5 saturated carbocycles. The molecular formula is C21H37N2O+. The molecule has 0 aromatic carbocycles. The highest BCUT2D eigenvalue weighted by Gasteiger charge is 2.52. The van der Waals surface area contributed by atoms with Gasteiger partial charge in [0.05, 0.1) is 6.04 Å². The standard InChI is InChI=1S/C21H36N2O/c1-13-7-20(2,3)17(19(13)22)12-23-18(24)11-21-8-14-4-15(9-21)6-16(5-14)10-21/h13-17,19H,4-12,22H2,1-3H3,(H,23,24)/p+1/t13-,14?,15?,16?,17-,19-,21?/m1/s1. The van der Waals surface area contributed by atoms with Crippen LogP contribution in [-0.4, -0.2) is 18.5 Å². The Morgan fingerprint density at radius 1 is 1.04 bits per heavy atom. The molecule has 3 atom stereocenters. The fourth-order valence-corrected chi connectivity index (χ4v) is 7.67. The van der Waals surface area contributed by atoms with Crippen molar-refractivity contribution in [2.45, 2.75) is 78.2 Å². The van der Waals surface area contributed by atoms with Gasteiger partial charge in [-0.25, -0.2) is 0 Å². The zero-order valence-corrected chi connectivity index (χ0v) is 15.9. The fraction of sp³-hybridized carbons (Fsp3) is 0.952. The summed E-state index contributed by atoms with van der Waals surface area (Å²) >= 11 is 0. The largest absolute Gasteiger partial charge is 0.356 e. The van der Waals surface area contributed by atoms with Gasteiger partial charge in [0.2, 0.25) is 5.91 Å². The lowest BCUT2D eigenvalue weighted by molar-refractivity contribution is -0.439. The predicted octanol–water partition coefficient (Wildman–Crippen LogP) is 3.00. The SMILES string of the molecule is C[C@@H]1CC(C)(C)[C@H](CNC(=O)CC23CC4CC(CC(C4)C2)C3)[C@@H]1[NH3+]. The van der Waals surface area contributed by atoms with Crippen molar-refractivity contribution in [2.24, 2.45) is 40.4 Å². The van der Waals surface area contributed by atoms with Crippen molar-refractivity contribution in [1.82, 2.24) is 5.32 Å². The monoisotopic (exact) mass is 333 g/mol. The summed E-state index contributed by atoms with van der Waals surface area (Å²) in [7, 11) is 0. The van der Waals surface area contributed by atoms with E-state index in [0.29, 0.717) is 34.6 Å².